The molecular formula is C17H15ClN4O3. The number of hydrogen-bond donors (Lipinski definition) is 0. The van der Waals surface area contributed by atoms with E-state index in [-0.39, 0.29) is 17.5 Å². The minimum Gasteiger partial charge on any atom is -0.355 e. The van der Waals surface area contributed by atoms with Gasteiger partial charge >= 0.3 is 0 Å². The highest BCUT2D eigenvalue weighted by molar-refractivity contribution is 6.30. The first-order valence-corrected chi connectivity index (χ1v) is 8.30. The number of carbonyl (C=O) groups excluding carboxylic acids is 1. The van der Waals surface area contributed by atoms with Crippen LogP contribution in [-0.2, 0) is 0 Å². The van der Waals surface area contributed by atoms with Gasteiger partial charge in [0.2, 0.25) is 5.89 Å². The Hall–Kier alpha value is -2.67. The van der Waals surface area contributed by atoms with E-state index >= 15 is 0 Å². The summed E-state index contributed by atoms with van der Waals surface area (Å²) in [5, 5.41) is 8.35. The largest absolute Gasteiger partial charge is 0.355 e. The number of likely N-dealkylation sites (tertiary alicyclic amines) is 1. The van der Waals surface area contributed by atoms with E-state index < -0.39 is 0 Å². The average molecular weight is 359 g/mol. The summed E-state index contributed by atoms with van der Waals surface area (Å²) in [6, 6.07) is 8.81. The molecule has 0 aliphatic carbocycles. The molecule has 3 aromatic rings. The Labute approximate surface area is 148 Å². The molecule has 1 saturated heterocycles. The van der Waals surface area contributed by atoms with Crippen molar-refractivity contribution < 1.29 is 13.8 Å². The third-order valence-corrected chi connectivity index (χ3v) is 4.48. The predicted octanol–water partition coefficient (Wildman–Crippen LogP) is 3.32. The van der Waals surface area contributed by atoms with E-state index in [0.29, 0.717) is 35.6 Å². The molecule has 7 nitrogen and oxygen atoms in total. The van der Waals surface area contributed by atoms with Crippen LogP contribution in [0.25, 0.3) is 11.3 Å². The van der Waals surface area contributed by atoms with Crippen LogP contribution in [0.15, 0.2) is 39.4 Å². The molecule has 1 aromatic carbocycles. The highest BCUT2D eigenvalue weighted by Crippen LogP contribution is 2.28. The zero-order valence-corrected chi connectivity index (χ0v) is 14.2. The fourth-order valence-electron chi connectivity index (χ4n) is 2.91. The van der Waals surface area contributed by atoms with Crippen molar-refractivity contribution in [2.75, 3.05) is 13.1 Å². The minimum atomic E-state index is -0.164. The van der Waals surface area contributed by atoms with Gasteiger partial charge in [-0.2, -0.15) is 4.98 Å². The van der Waals surface area contributed by atoms with Gasteiger partial charge in [-0.15, -0.1) is 0 Å². The number of hydrogen-bond acceptors (Lipinski definition) is 6. The molecule has 0 N–H and O–H groups in total. The molecule has 8 heteroatoms. The first-order valence-electron chi connectivity index (χ1n) is 7.92. The van der Waals surface area contributed by atoms with Gasteiger partial charge in [-0.3, -0.25) is 4.79 Å². The molecule has 1 aliphatic rings. The molecule has 0 spiro atoms. The molecule has 0 saturated carbocycles. The van der Waals surface area contributed by atoms with Crippen molar-refractivity contribution in [2.45, 2.75) is 19.3 Å². The van der Waals surface area contributed by atoms with Crippen LogP contribution in [0.4, 0.5) is 0 Å². The summed E-state index contributed by atoms with van der Waals surface area (Å²) in [5.74, 6) is 1.61. The highest BCUT2D eigenvalue weighted by atomic mass is 35.5. The molecular weight excluding hydrogens is 344 g/mol. The van der Waals surface area contributed by atoms with Crippen LogP contribution in [0.3, 0.4) is 0 Å². The van der Waals surface area contributed by atoms with Gasteiger partial charge in [0.15, 0.2) is 17.3 Å². The maximum Gasteiger partial charge on any atom is 0.276 e. The molecule has 1 unspecified atom stereocenters. The first kappa shape index (κ1) is 15.8. The zero-order valence-electron chi connectivity index (χ0n) is 13.5. The van der Waals surface area contributed by atoms with Gasteiger partial charge in [0.1, 0.15) is 0 Å². The molecule has 2 aromatic heterocycles. The minimum absolute atomic E-state index is 0.0628. The van der Waals surface area contributed by atoms with Crippen LogP contribution in [0.5, 0.6) is 0 Å². The number of carbonyl (C=O) groups is 1. The van der Waals surface area contributed by atoms with Crippen molar-refractivity contribution in [1.29, 1.82) is 0 Å². The molecule has 1 fully saturated rings. The Kier molecular flexibility index (Phi) is 4.01. The van der Waals surface area contributed by atoms with Crippen molar-refractivity contribution in [2.24, 2.45) is 0 Å². The second-order valence-electron chi connectivity index (χ2n) is 6.00. The third-order valence-electron chi connectivity index (χ3n) is 4.23. The number of amides is 1. The lowest BCUT2D eigenvalue weighted by Gasteiger charge is -2.13. The van der Waals surface area contributed by atoms with Crippen molar-refractivity contribution >= 4 is 17.5 Å². The SMILES string of the molecule is Cc1noc(C2CCN(C(=O)c3cc(-c4ccc(Cl)cc4)on3)C2)n1. The normalized spacial score (nSPS) is 17.2. The third kappa shape index (κ3) is 3.15. The summed E-state index contributed by atoms with van der Waals surface area (Å²) < 4.78 is 10.5. The molecule has 1 atom stereocenters. The Bertz CT molecular complexity index is 903. The summed E-state index contributed by atoms with van der Waals surface area (Å²) in [6.07, 6.45) is 0.787. The van der Waals surface area contributed by atoms with Crippen molar-refractivity contribution in [3.8, 4) is 11.3 Å². The van der Waals surface area contributed by atoms with Gasteiger partial charge in [0.25, 0.3) is 5.91 Å². The second-order valence-corrected chi connectivity index (χ2v) is 6.44. The van der Waals surface area contributed by atoms with Gasteiger partial charge in [-0.25, -0.2) is 0 Å². The molecule has 0 bridgehead atoms. The summed E-state index contributed by atoms with van der Waals surface area (Å²) in [5.41, 5.74) is 1.10. The Morgan fingerprint density at radius 3 is 2.76 bits per heavy atom. The van der Waals surface area contributed by atoms with Gasteiger partial charge in [-0.05, 0) is 37.6 Å². The molecule has 0 radical (unpaired) electrons. The molecule has 1 aliphatic heterocycles. The van der Waals surface area contributed by atoms with Crippen LogP contribution >= 0.6 is 11.6 Å². The van der Waals surface area contributed by atoms with Crippen LogP contribution in [0.2, 0.25) is 5.02 Å². The summed E-state index contributed by atoms with van der Waals surface area (Å²) in [7, 11) is 0. The molecule has 1 amide bonds. The van der Waals surface area contributed by atoms with Gasteiger partial charge in [0, 0.05) is 29.7 Å². The topological polar surface area (TPSA) is 85.3 Å². The predicted molar refractivity (Wildman–Crippen MR) is 89.2 cm³/mol. The number of rotatable bonds is 3. The number of benzene rings is 1. The summed E-state index contributed by atoms with van der Waals surface area (Å²) in [4.78, 5) is 18.6. The van der Waals surface area contributed by atoms with E-state index in [4.69, 9.17) is 20.6 Å². The fraction of sp³-hybridized carbons (Fsp3) is 0.294. The standard InChI is InChI=1S/C17H15ClN4O3/c1-10-19-16(25-20-10)12-6-7-22(9-12)17(23)14-8-15(24-21-14)11-2-4-13(18)5-3-11/h2-5,8,12H,6-7,9H2,1H3. The van der Waals surface area contributed by atoms with E-state index in [1.807, 2.05) is 12.1 Å². The number of halogens is 1. The van der Waals surface area contributed by atoms with Crippen LogP contribution in [0.1, 0.15) is 34.5 Å². The van der Waals surface area contributed by atoms with E-state index in [1.54, 1.807) is 30.0 Å². The maximum absolute atomic E-state index is 12.6. The van der Waals surface area contributed by atoms with E-state index in [1.165, 1.54) is 0 Å². The zero-order chi connectivity index (χ0) is 17.4. The quantitative estimate of drug-likeness (QED) is 0.714. The highest BCUT2D eigenvalue weighted by Gasteiger charge is 2.32. The maximum atomic E-state index is 12.6. The van der Waals surface area contributed by atoms with Gasteiger partial charge in [-0.1, -0.05) is 21.9 Å². The van der Waals surface area contributed by atoms with E-state index in [0.717, 1.165) is 12.0 Å². The van der Waals surface area contributed by atoms with Crippen LogP contribution in [0, 0.1) is 6.92 Å². The van der Waals surface area contributed by atoms with E-state index in [2.05, 4.69) is 15.3 Å². The molecule has 3 heterocycles. The van der Waals surface area contributed by atoms with Crippen molar-refractivity contribution in [1.82, 2.24) is 20.2 Å². The monoisotopic (exact) mass is 358 g/mol. The smallest absolute Gasteiger partial charge is 0.276 e. The lowest BCUT2D eigenvalue weighted by atomic mass is 10.1. The van der Waals surface area contributed by atoms with Crippen LogP contribution < -0.4 is 0 Å². The number of aromatic nitrogens is 3. The summed E-state index contributed by atoms with van der Waals surface area (Å²) >= 11 is 5.88. The van der Waals surface area contributed by atoms with Gasteiger partial charge < -0.3 is 13.9 Å². The number of nitrogens with zero attached hydrogens (tertiary/aromatic N) is 4. The first-order chi connectivity index (χ1) is 12.1. The Morgan fingerprint density at radius 1 is 1.24 bits per heavy atom. The lowest BCUT2D eigenvalue weighted by Crippen LogP contribution is -2.28. The molecule has 25 heavy (non-hydrogen) atoms. The molecule has 128 valence electrons. The van der Waals surface area contributed by atoms with Crippen molar-refractivity contribution in [3.63, 3.8) is 0 Å². The fourth-order valence-corrected chi connectivity index (χ4v) is 3.04. The second kappa shape index (κ2) is 6.33. The molecule has 4 rings (SSSR count). The summed E-state index contributed by atoms with van der Waals surface area (Å²) in [6.45, 7) is 2.93. The average Bonchev–Trinajstić information content (AvgIpc) is 3.35. The van der Waals surface area contributed by atoms with Crippen LogP contribution in [-0.4, -0.2) is 39.2 Å². The van der Waals surface area contributed by atoms with Gasteiger partial charge in [0.05, 0.1) is 5.92 Å². The number of aryl methyl sites for hydroxylation is 1. The van der Waals surface area contributed by atoms with E-state index in [9.17, 15) is 4.79 Å². The van der Waals surface area contributed by atoms with Crippen molar-refractivity contribution in [3.05, 3.63) is 52.8 Å². The Morgan fingerprint density at radius 2 is 2.04 bits per heavy atom. The lowest BCUT2D eigenvalue weighted by molar-refractivity contribution is 0.0779. The Balaban J connectivity index is 1.47.